The molecular formula is C18H19BrN2O. The van der Waals surface area contributed by atoms with Crippen LogP contribution in [0.4, 0.5) is 0 Å². The zero-order valence-electron chi connectivity index (χ0n) is 12.4. The van der Waals surface area contributed by atoms with E-state index in [1.165, 1.54) is 11.1 Å². The van der Waals surface area contributed by atoms with Crippen molar-refractivity contribution in [1.29, 1.82) is 0 Å². The van der Waals surface area contributed by atoms with E-state index < -0.39 is 0 Å². The fourth-order valence-corrected chi connectivity index (χ4v) is 2.81. The van der Waals surface area contributed by atoms with E-state index in [0.717, 1.165) is 30.5 Å². The number of pyridine rings is 1. The third-order valence-corrected chi connectivity index (χ3v) is 4.23. The van der Waals surface area contributed by atoms with E-state index >= 15 is 0 Å². The number of halogens is 1. The number of aromatic nitrogens is 1. The molecule has 3 rings (SSSR count). The van der Waals surface area contributed by atoms with Gasteiger partial charge in [0, 0.05) is 36.4 Å². The molecule has 0 unspecified atom stereocenters. The van der Waals surface area contributed by atoms with Gasteiger partial charge in [-0.15, -0.1) is 0 Å². The van der Waals surface area contributed by atoms with Crippen LogP contribution < -0.4 is 4.74 Å². The largest absolute Gasteiger partial charge is 0.473 e. The molecule has 0 bridgehead atoms. The number of ether oxygens (including phenoxy) is 1. The van der Waals surface area contributed by atoms with Crippen molar-refractivity contribution >= 4 is 15.9 Å². The van der Waals surface area contributed by atoms with Crippen LogP contribution in [0.25, 0.3) is 0 Å². The molecule has 0 amide bonds. The molecule has 0 spiro atoms. The quantitative estimate of drug-likeness (QED) is 0.753. The van der Waals surface area contributed by atoms with Crippen LogP contribution in [0.15, 0.2) is 64.8 Å². The van der Waals surface area contributed by atoms with Gasteiger partial charge in [0.1, 0.15) is 6.61 Å². The van der Waals surface area contributed by atoms with Crippen molar-refractivity contribution < 1.29 is 4.74 Å². The first-order valence-electron chi connectivity index (χ1n) is 7.48. The molecule has 3 nitrogen and oxygen atoms in total. The monoisotopic (exact) mass is 358 g/mol. The second-order valence-electron chi connectivity index (χ2n) is 5.43. The molecule has 2 aromatic rings. The first-order chi connectivity index (χ1) is 10.8. The van der Waals surface area contributed by atoms with Gasteiger partial charge in [-0.25, -0.2) is 4.98 Å². The summed E-state index contributed by atoms with van der Waals surface area (Å²) in [7, 11) is 0. The van der Waals surface area contributed by atoms with Gasteiger partial charge in [-0.1, -0.05) is 52.3 Å². The Morgan fingerprint density at radius 3 is 2.77 bits per heavy atom. The lowest BCUT2D eigenvalue weighted by Gasteiger charge is -2.26. The highest BCUT2D eigenvalue weighted by Crippen LogP contribution is 2.18. The maximum Gasteiger partial charge on any atom is 0.214 e. The smallest absolute Gasteiger partial charge is 0.214 e. The molecule has 0 aliphatic carbocycles. The normalized spacial score (nSPS) is 15.4. The van der Waals surface area contributed by atoms with Crippen molar-refractivity contribution in [3.63, 3.8) is 0 Å². The lowest BCUT2D eigenvalue weighted by atomic mass is 10.1. The van der Waals surface area contributed by atoms with Gasteiger partial charge < -0.3 is 4.74 Å². The third-order valence-electron chi connectivity index (χ3n) is 3.74. The van der Waals surface area contributed by atoms with Crippen LogP contribution in [-0.4, -0.2) is 29.6 Å². The van der Waals surface area contributed by atoms with Crippen LogP contribution in [0.5, 0.6) is 5.88 Å². The first-order valence-corrected chi connectivity index (χ1v) is 8.27. The molecule has 1 aromatic carbocycles. The fraction of sp³-hybridized carbons (Fsp3) is 0.278. The van der Waals surface area contributed by atoms with Gasteiger partial charge >= 0.3 is 0 Å². The van der Waals surface area contributed by atoms with Crippen LogP contribution >= 0.6 is 15.9 Å². The molecule has 0 fully saturated rings. The lowest BCUT2D eigenvalue weighted by Crippen LogP contribution is -2.29. The highest BCUT2D eigenvalue weighted by molar-refractivity contribution is 9.10. The predicted molar refractivity (Wildman–Crippen MR) is 91.9 cm³/mol. The fourth-order valence-electron chi connectivity index (χ4n) is 2.50. The molecule has 0 radical (unpaired) electrons. The minimum Gasteiger partial charge on any atom is -0.473 e. The Morgan fingerprint density at radius 2 is 2.05 bits per heavy atom. The van der Waals surface area contributed by atoms with E-state index in [4.69, 9.17) is 4.74 Å². The van der Waals surface area contributed by atoms with Crippen molar-refractivity contribution in [1.82, 2.24) is 9.88 Å². The zero-order chi connectivity index (χ0) is 15.2. The topological polar surface area (TPSA) is 25.4 Å². The summed E-state index contributed by atoms with van der Waals surface area (Å²) in [6.07, 6.45) is 5.08. The van der Waals surface area contributed by atoms with Gasteiger partial charge in [0.05, 0.1) is 0 Å². The summed E-state index contributed by atoms with van der Waals surface area (Å²) in [5.41, 5.74) is 2.72. The summed E-state index contributed by atoms with van der Waals surface area (Å²) < 4.78 is 6.74. The Balaban J connectivity index is 1.49. The number of hydrogen-bond donors (Lipinski definition) is 0. The number of benzene rings is 1. The lowest BCUT2D eigenvalue weighted by molar-refractivity contribution is 0.268. The molecule has 2 heterocycles. The van der Waals surface area contributed by atoms with Gasteiger partial charge in [-0.2, -0.15) is 0 Å². The van der Waals surface area contributed by atoms with Crippen LogP contribution in [-0.2, 0) is 6.54 Å². The highest BCUT2D eigenvalue weighted by atomic mass is 79.9. The number of nitrogens with zero attached hydrogens (tertiary/aromatic N) is 2. The SMILES string of the molecule is Brc1ccnc(OCC2=CCN(Cc3ccccc3)CC2)c1. The molecule has 0 N–H and O–H groups in total. The van der Waals surface area contributed by atoms with E-state index in [2.05, 4.69) is 62.2 Å². The van der Waals surface area contributed by atoms with E-state index in [0.29, 0.717) is 12.5 Å². The minimum absolute atomic E-state index is 0.628. The zero-order valence-corrected chi connectivity index (χ0v) is 14.0. The minimum atomic E-state index is 0.628. The maximum absolute atomic E-state index is 5.75. The van der Waals surface area contributed by atoms with Gasteiger partial charge in [0.2, 0.25) is 5.88 Å². The third kappa shape index (κ3) is 4.42. The van der Waals surface area contributed by atoms with E-state index in [-0.39, 0.29) is 0 Å². The standard InChI is InChI=1S/C18H19BrN2O/c19-17-6-9-20-18(12-17)22-14-16-7-10-21(11-8-16)13-15-4-2-1-3-5-15/h1-7,9,12H,8,10-11,13-14H2. The van der Waals surface area contributed by atoms with Gasteiger partial charge in [0.15, 0.2) is 0 Å². The predicted octanol–water partition coefficient (Wildman–Crippen LogP) is 4.06. The van der Waals surface area contributed by atoms with Crippen LogP contribution in [0.3, 0.4) is 0 Å². The molecule has 1 aliphatic heterocycles. The van der Waals surface area contributed by atoms with Crippen LogP contribution in [0.1, 0.15) is 12.0 Å². The van der Waals surface area contributed by atoms with Gasteiger partial charge in [-0.3, -0.25) is 4.90 Å². The van der Waals surface area contributed by atoms with Crippen molar-refractivity contribution in [3.05, 3.63) is 70.3 Å². The maximum atomic E-state index is 5.75. The summed E-state index contributed by atoms with van der Waals surface area (Å²) in [5.74, 6) is 0.669. The van der Waals surface area contributed by atoms with E-state index in [9.17, 15) is 0 Å². The summed E-state index contributed by atoms with van der Waals surface area (Å²) >= 11 is 3.43. The molecule has 0 saturated heterocycles. The Labute approximate surface area is 139 Å². The van der Waals surface area contributed by atoms with Crippen LogP contribution in [0.2, 0.25) is 0 Å². The molecule has 1 aromatic heterocycles. The molecule has 1 aliphatic rings. The Morgan fingerprint density at radius 1 is 1.18 bits per heavy atom. The molecule has 114 valence electrons. The number of rotatable bonds is 5. The average Bonchev–Trinajstić information content (AvgIpc) is 2.55. The van der Waals surface area contributed by atoms with Crippen molar-refractivity contribution in [2.45, 2.75) is 13.0 Å². The molecule has 0 atom stereocenters. The van der Waals surface area contributed by atoms with Crippen LogP contribution in [0, 0.1) is 0 Å². The molecular weight excluding hydrogens is 340 g/mol. The second kappa shape index (κ2) is 7.56. The van der Waals surface area contributed by atoms with E-state index in [1.807, 2.05) is 12.1 Å². The summed E-state index contributed by atoms with van der Waals surface area (Å²) in [4.78, 5) is 6.66. The van der Waals surface area contributed by atoms with Crippen molar-refractivity contribution in [3.8, 4) is 5.88 Å². The Bertz CT molecular complexity index is 643. The van der Waals surface area contributed by atoms with Crippen molar-refractivity contribution in [2.75, 3.05) is 19.7 Å². The molecule has 4 heteroatoms. The van der Waals surface area contributed by atoms with E-state index in [1.54, 1.807) is 6.20 Å². The van der Waals surface area contributed by atoms with Gasteiger partial charge in [-0.05, 0) is 23.6 Å². The number of hydrogen-bond acceptors (Lipinski definition) is 3. The first kappa shape index (κ1) is 15.3. The highest BCUT2D eigenvalue weighted by Gasteiger charge is 2.12. The summed E-state index contributed by atoms with van der Waals surface area (Å²) in [6.45, 7) is 3.71. The Hall–Kier alpha value is -1.65. The molecule has 22 heavy (non-hydrogen) atoms. The molecule has 0 saturated carbocycles. The van der Waals surface area contributed by atoms with Crippen molar-refractivity contribution in [2.24, 2.45) is 0 Å². The Kier molecular flexibility index (Phi) is 5.24. The summed E-state index contributed by atoms with van der Waals surface area (Å²) in [5, 5.41) is 0. The average molecular weight is 359 g/mol. The summed E-state index contributed by atoms with van der Waals surface area (Å²) in [6, 6.07) is 14.4. The van der Waals surface area contributed by atoms with Gasteiger partial charge in [0.25, 0.3) is 0 Å². The second-order valence-corrected chi connectivity index (χ2v) is 6.35.